The first kappa shape index (κ1) is 22.5. The summed E-state index contributed by atoms with van der Waals surface area (Å²) in [7, 11) is 2.22. The van der Waals surface area contributed by atoms with Gasteiger partial charge in [0.05, 0.1) is 17.4 Å². The molecule has 6 rings (SSSR count). The van der Waals surface area contributed by atoms with Crippen LogP contribution in [0.5, 0.6) is 5.75 Å². The number of phenolic OH excluding ortho intramolecular Hbond substituents is 1. The Kier molecular flexibility index (Phi) is 5.88. The van der Waals surface area contributed by atoms with Crippen molar-refractivity contribution in [1.29, 1.82) is 0 Å². The Labute approximate surface area is 201 Å². The quantitative estimate of drug-likeness (QED) is 0.553. The lowest BCUT2D eigenvalue weighted by molar-refractivity contribution is 0.178. The van der Waals surface area contributed by atoms with E-state index in [2.05, 4.69) is 39.6 Å². The zero-order valence-electron chi connectivity index (χ0n) is 20.3. The number of hydrogen-bond donors (Lipinski definition) is 4. The van der Waals surface area contributed by atoms with Crippen LogP contribution in [0.2, 0.25) is 0 Å². The van der Waals surface area contributed by atoms with Gasteiger partial charge >= 0.3 is 0 Å². The van der Waals surface area contributed by atoms with Crippen molar-refractivity contribution < 1.29 is 9.50 Å². The third kappa shape index (κ3) is 3.94. The van der Waals surface area contributed by atoms with Gasteiger partial charge in [-0.2, -0.15) is 0 Å². The number of benzene rings is 1. The van der Waals surface area contributed by atoms with E-state index >= 15 is 0 Å². The first-order valence-electron chi connectivity index (χ1n) is 13.0. The molecule has 4 aliphatic rings. The number of rotatable bonds is 4. The van der Waals surface area contributed by atoms with Crippen molar-refractivity contribution in [3.63, 3.8) is 0 Å². The molecule has 5 unspecified atom stereocenters. The number of nitrogens with zero attached hydrogens (tertiary/aromatic N) is 3. The van der Waals surface area contributed by atoms with Gasteiger partial charge in [-0.3, -0.25) is 10.3 Å². The van der Waals surface area contributed by atoms with E-state index in [1.54, 1.807) is 12.1 Å². The minimum absolute atomic E-state index is 0.185. The van der Waals surface area contributed by atoms with Gasteiger partial charge in [-0.15, -0.1) is 0 Å². The summed E-state index contributed by atoms with van der Waals surface area (Å²) >= 11 is 0. The maximum atomic E-state index is 14.2. The lowest BCUT2D eigenvalue weighted by Crippen LogP contribution is -2.40. The SMILES string of the molecule is CCc1cc(O)c(F)cc1C1CCC2C(C1)NNC2c1nc2c([nH]1)CN(C1CCN(C)C1)CC2. The van der Waals surface area contributed by atoms with Crippen LogP contribution < -0.4 is 10.9 Å². The number of aryl methyl sites for hydroxylation is 1. The number of aromatic nitrogens is 2. The fourth-order valence-electron chi connectivity index (χ4n) is 6.93. The molecule has 2 aromatic rings. The van der Waals surface area contributed by atoms with Gasteiger partial charge in [0.1, 0.15) is 5.82 Å². The number of hydrazine groups is 1. The third-order valence-electron chi connectivity index (χ3n) is 8.84. The molecule has 1 saturated carbocycles. The smallest absolute Gasteiger partial charge is 0.165 e. The Balaban J connectivity index is 1.15. The van der Waals surface area contributed by atoms with E-state index in [-0.39, 0.29) is 11.8 Å². The summed E-state index contributed by atoms with van der Waals surface area (Å²) in [5.41, 5.74) is 11.7. The zero-order chi connectivity index (χ0) is 23.4. The van der Waals surface area contributed by atoms with Crippen LogP contribution in [0.15, 0.2) is 12.1 Å². The van der Waals surface area contributed by atoms with E-state index in [1.165, 1.54) is 30.9 Å². The minimum atomic E-state index is -0.510. The number of fused-ring (bicyclic) bond motifs is 2. The second-order valence-electron chi connectivity index (χ2n) is 10.9. The first-order chi connectivity index (χ1) is 16.5. The second-order valence-corrected chi connectivity index (χ2v) is 10.9. The van der Waals surface area contributed by atoms with E-state index in [0.29, 0.717) is 23.9 Å². The molecule has 1 aromatic carbocycles. The van der Waals surface area contributed by atoms with Gasteiger partial charge in [-0.25, -0.2) is 14.8 Å². The number of imidazole rings is 1. The number of aromatic hydroxyl groups is 1. The van der Waals surface area contributed by atoms with Gasteiger partial charge in [0.25, 0.3) is 0 Å². The minimum Gasteiger partial charge on any atom is -0.505 e. The van der Waals surface area contributed by atoms with Crippen LogP contribution in [0.1, 0.15) is 72.9 Å². The molecule has 1 aromatic heterocycles. The van der Waals surface area contributed by atoms with Crippen molar-refractivity contribution in [3.8, 4) is 5.75 Å². The maximum absolute atomic E-state index is 14.2. The largest absolute Gasteiger partial charge is 0.505 e. The van der Waals surface area contributed by atoms with Crippen LogP contribution in [-0.4, -0.2) is 63.6 Å². The Morgan fingerprint density at radius 1 is 1.18 bits per heavy atom. The molecule has 34 heavy (non-hydrogen) atoms. The van der Waals surface area contributed by atoms with Crippen LogP contribution >= 0.6 is 0 Å². The number of hydrogen-bond acceptors (Lipinski definition) is 6. The number of H-pyrrole nitrogens is 1. The summed E-state index contributed by atoms with van der Waals surface area (Å²) in [6.45, 7) is 6.50. The first-order valence-corrected chi connectivity index (χ1v) is 13.0. The molecule has 7 nitrogen and oxygen atoms in total. The summed E-state index contributed by atoms with van der Waals surface area (Å²) in [5, 5.41) is 9.81. The van der Waals surface area contributed by atoms with Gasteiger partial charge in [0.15, 0.2) is 11.6 Å². The maximum Gasteiger partial charge on any atom is 0.165 e. The third-order valence-corrected chi connectivity index (χ3v) is 8.84. The van der Waals surface area contributed by atoms with Crippen LogP contribution in [0, 0.1) is 11.7 Å². The molecule has 2 saturated heterocycles. The highest BCUT2D eigenvalue weighted by atomic mass is 19.1. The average Bonchev–Trinajstić information content (AvgIpc) is 3.57. The van der Waals surface area contributed by atoms with Crippen molar-refractivity contribution in [1.82, 2.24) is 30.6 Å². The number of phenols is 1. The number of likely N-dealkylation sites (tertiary alicyclic amines) is 1. The van der Waals surface area contributed by atoms with Gasteiger partial charge < -0.3 is 15.0 Å². The summed E-state index contributed by atoms with van der Waals surface area (Å²) < 4.78 is 14.2. The molecule has 0 amide bonds. The predicted molar refractivity (Wildman–Crippen MR) is 129 cm³/mol. The van der Waals surface area contributed by atoms with Gasteiger partial charge in [-0.05, 0) is 80.8 Å². The Hall–Kier alpha value is -2.00. The van der Waals surface area contributed by atoms with Crippen LogP contribution in [0.3, 0.4) is 0 Å². The van der Waals surface area contributed by atoms with Crippen LogP contribution in [0.25, 0.3) is 0 Å². The second kappa shape index (κ2) is 8.90. The van der Waals surface area contributed by atoms with Crippen molar-refractivity contribution in [2.24, 2.45) is 5.92 Å². The molecule has 0 spiro atoms. The van der Waals surface area contributed by atoms with Crippen molar-refractivity contribution in [2.45, 2.75) is 76.0 Å². The number of nitrogens with one attached hydrogen (secondary N) is 3. The normalized spacial score (nSPS) is 32.1. The van der Waals surface area contributed by atoms with Crippen LogP contribution in [0.4, 0.5) is 4.39 Å². The molecule has 4 N–H and O–H groups in total. The lowest BCUT2D eigenvalue weighted by atomic mass is 9.73. The summed E-state index contributed by atoms with van der Waals surface area (Å²) in [5.74, 6) is 1.09. The highest BCUT2D eigenvalue weighted by molar-refractivity contribution is 5.39. The Bertz CT molecular complexity index is 1060. The van der Waals surface area contributed by atoms with Crippen molar-refractivity contribution in [2.75, 3.05) is 26.7 Å². The topological polar surface area (TPSA) is 79.4 Å². The molecular formula is C26H37FN6O. The van der Waals surface area contributed by atoms with Gasteiger partial charge in [0, 0.05) is 38.1 Å². The Morgan fingerprint density at radius 2 is 2.06 bits per heavy atom. The fourth-order valence-corrected chi connectivity index (χ4v) is 6.93. The summed E-state index contributed by atoms with van der Waals surface area (Å²) in [6, 6.07) is 4.35. The van der Waals surface area contributed by atoms with E-state index in [9.17, 15) is 9.50 Å². The molecule has 0 radical (unpaired) electrons. The van der Waals surface area contributed by atoms with Crippen molar-refractivity contribution in [3.05, 3.63) is 46.3 Å². The van der Waals surface area contributed by atoms with E-state index < -0.39 is 5.82 Å². The molecule has 184 valence electrons. The Morgan fingerprint density at radius 3 is 2.85 bits per heavy atom. The highest BCUT2D eigenvalue weighted by Crippen LogP contribution is 2.44. The van der Waals surface area contributed by atoms with Crippen LogP contribution in [-0.2, 0) is 19.4 Å². The number of likely N-dealkylation sites (N-methyl/N-ethyl adjacent to an activating group) is 1. The van der Waals surface area contributed by atoms with E-state index in [4.69, 9.17) is 4.98 Å². The highest BCUT2D eigenvalue weighted by Gasteiger charge is 2.43. The standard InChI is InChI=1S/C26H37FN6O/c1-3-15-11-24(34)20(27)12-19(15)16-4-5-18-22(10-16)30-31-25(18)26-28-21-7-9-33(14-23(21)29-26)17-6-8-32(2)13-17/h11-12,16-18,22,25,30-31,34H,3-10,13-14H2,1-2H3,(H,28,29). The van der Waals surface area contributed by atoms with Gasteiger partial charge in [0.2, 0.25) is 0 Å². The van der Waals surface area contributed by atoms with Crippen molar-refractivity contribution >= 4 is 0 Å². The van der Waals surface area contributed by atoms with Gasteiger partial charge in [-0.1, -0.05) is 6.92 Å². The summed E-state index contributed by atoms with van der Waals surface area (Å²) in [4.78, 5) is 13.8. The number of aromatic amines is 1. The molecule has 4 heterocycles. The molecule has 5 atom stereocenters. The van der Waals surface area contributed by atoms with E-state index in [0.717, 1.165) is 62.1 Å². The predicted octanol–water partition coefficient (Wildman–Crippen LogP) is 2.98. The van der Waals surface area contributed by atoms with E-state index in [1.807, 2.05) is 0 Å². The molecule has 0 bridgehead atoms. The summed E-state index contributed by atoms with van der Waals surface area (Å²) in [6.07, 6.45) is 6.15. The zero-order valence-corrected chi connectivity index (χ0v) is 20.3. The number of halogens is 1. The fraction of sp³-hybridized carbons (Fsp3) is 0.654. The lowest BCUT2D eigenvalue weighted by Gasteiger charge is -2.33. The molecule has 8 heteroatoms. The molecule has 3 fully saturated rings. The monoisotopic (exact) mass is 468 g/mol. The molecular weight excluding hydrogens is 431 g/mol. The molecule has 3 aliphatic heterocycles. The average molecular weight is 469 g/mol. The molecule has 1 aliphatic carbocycles.